The fourth-order valence-corrected chi connectivity index (χ4v) is 1.01. The molecule has 0 heterocycles. The molecule has 1 aliphatic rings. The number of hydrogen-bond acceptors (Lipinski definition) is 4. The van der Waals surface area contributed by atoms with Gasteiger partial charge < -0.3 is 10.5 Å². The van der Waals surface area contributed by atoms with Gasteiger partial charge in [0.15, 0.2) is 18.2 Å². The van der Waals surface area contributed by atoms with Crippen molar-refractivity contribution in [3.05, 3.63) is 23.4 Å². The van der Waals surface area contributed by atoms with Gasteiger partial charge in [-0.05, 0) is 12.2 Å². The summed E-state index contributed by atoms with van der Waals surface area (Å²) < 4.78 is 4.81. The van der Waals surface area contributed by atoms with Gasteiger partial charge in [-0.15, -0.1) is 0 Å². The van der Waals surface area contributed by atoms with Gasteiger partial charge in [-0.3, -0.25) is 9.59 Å². The molecule has 1 aliphatic carbocycles. The van der Waals surface area contributed by atoms with Gasteiger partial charge in [-0.1, -0.05) is 0 Å². The molecule has 0 aromatic carbocycles. The van der Waals surface area contributed by atoms with Crippen molar-refractivity contribution in [2.24, 2.45) is 5.73 Å². The molecule has 1 atom stereocenters. The highest BCUT2D eigenvalue weighted by atomic mass is 16.5. The first-order valence-corrected chi connectivity index (χ1v) is 3.40. The minimum Gasteiger partial charge on any atom is -0.399 e. The Balaban J connectivity index is 3.03. The third-order valence-corrected chi connectivity index (χ3v) is 1.66. The molecule has 0 aliphatic heterocycles. The molecule has 0 fully saturated rings. The van der Waals surface area contributed by atoms with Gasteiger partial charge in [-0.2, -0.15) is 0 Å². The predicted molar refractivity (Wildman–Crippen MR) is 42.2 cm³/mol. The highest BCUT2D eigenvalue weighted by Gasteiger charge is 2.23. The van der Waals surface area contributed by atoms with Gasteiger partial charge >= 0.3 is 0 Å². The van der Waals surface area contributed by atoms with E-state index in [-0.39, 0.29) is 11.5 Å². The van der Waals surface area contributed by atoms with E-state index in [1.54, 1.807) is 0 Å². The van der Waals surface area contributed by atoms with Crippen molar-refractivity contribution < 1.29 is 14.3 Å². The number of rotatable bonds is 2. The standard InChI is InChI=1S/C8H9NO3/c1-12-8-6(11)3-2-5(4-10)7(8)9/h2-4,8H,9H2,1H3. The van der Waals surface area contributed by atoms with Crippen LogP contribution >= 0.6 is 0 Å². The first-order chi connectivity index (χ1) is 5.70. The summed E-state index contributed by atoms with van der Waals surface area (Å²) in [6.07, 6.45) is 2.48. The highest BCUT2D eigenvalue weighted by Crippen LogP contribution is 2.13. The van der Waals surface area contributed by atoms with Gasteiger partial charge in [0.25, 0.3) is 0 Å². The number of ether oxygens (including phenoxy) is 1. The smallest absolute Gasteiger partial charge is 0.190 e. The summed E-state index contributed by atoms with van der Waals surface area (Å²) in [5.74, 6) is -0.236. The summed E-state index contributed by atoms with van der Waals surface area (Å²) in [6.45, 7) is 0. The van der Waals surface area contributed by atoms with E-state index >= 15 is 0 Å². The molecular formula is C8H9NO3. The summed E-state index contributed by atoms with van der Waals surface area (Å²) in [5, 5.41) is 0. The topological polar surface area (TPSA) is 69.4 Å². The summed E-state index contributed by atoms with van der Waals surface area (Å²) >= 11 is 0. The van der Waals surface area contributed by atoms with Crippen LogP contribution in [0, 0.1) is 0 Å². The van der Waals surface area contributed by atoms with E-state index in [9.17, 15) is 9.59 Å². The number of ketones is 1. The van der Waals surface area contributed by atoms with E-state index in [1.165, 1.54) is 19.3 Å². The molecule has 0 spiro atoms. The number of aldehydes is 1. The maximum Gasteiger partial charge on any atom is 0.190 e. The van der Waals surface area contributed by atoms with Crippen molar-refractivity contribution in [2.75, 3.05) is 7.11 Å². The number of methoxy groups -OCH3 is 1. The molecule has 0 aromatic heterocycles. The van der Waals surface area contributed by atoms with Crippen LogP contribution in [0.15, 0.2) is 23.4 Å². The minimum absolute atomic E-state index is 0.181. The monoisotopic (exact) mass is 167 g/mol. The number of hydrogen-bond donors (Lipinski definition) is 1. The SMILES string of the molecule is COC1C(=O)C=CC(C=O)=C1N. The van der Waals surface area contributed by atoms with E-state index in [4.69, 9.17) is 10.5 Å². The molecule has 1 rings (SSSR count). The van der Waals surface area contributed by atoms with E-state index in [2.05, 4.69) is 0 Å². The average Bonchev–Trinajstić information content (AvgIpc) is 2.06. The van der Waals surface area contributed by atoms with Gasteiger partial charge in [0, 0.05) is 12.7 Å². The van der Waals surface area contributed by atoms with Crippen LogP contribution < -0.4 is 5.73 Å². The fourth-order valence-electron chi connectivity index (χ4n) is 1.01. The van der Waals surface area contributed by atoms with Crippen LogP contribution in [-0.4, -0.2) is 25.3 Å². The van der Waals surface area contributed by atoms with Crippen molar-refractivity contribution in [1.29, 1.82) is 0 Å². The molecular weight excluding hydrogens is 158 g/mol. The van der Waals surface area contributed by atoms with Gasteiger partial charge in [0.2, 0.25) is 0 Å². The van der Waals surface area contributed by atoms with E-state index < -0.39 is 6.10 Å². The van der Waals surface area contributed by atoms with Crippen LogP contribution in [0.2, 0.25) is 0 Å². The van der Waals surface area contributed by atoms with E-state index in [1.807, 2.05) is 0 Å². The first-order valence-electron chi connectivity index (χ1n) is 3.40. The van der Waals surface area contributed by atoms with Crippen molar-refractivity contribution >= 4 is 12.1 Å². The largest absolute Gasteiger partial charge is 0.399 e. The summed E-state index contributed by atoms with van der Waals surface area (Å²) in [4.78, 5) is 21.4. The van der Waals surface area contributed by atoms with Gasteiger partial charge in [0.05, 0.1) is 5.70 Å². The van der Waals surface area contributed by atoms with Crippen LogP contribution in [0.5, 0.6) is 0 Å². The zero-order valence-corrected chi connectivity index (χ0v) is 6.61. The quantitative estimate of drug-likeness (QED) is 0.565. The second-order valence-electron chi connectivity index (χ2n) is 2.38. The summed E-state index contributed by atoms with van der Waals surface area (Å²) in [5.41, 5.74) is 5.97. The number of carbonyl (C=O) groups excluding carboxylic acids is 2. The maximum absolute atomic E-state index is 11.1. The molecule has 0 amide bonds. The first kappa shape index (κ1) is 8.67. The lowest BCUT2D eigenvalue weighted by atomic mass is 10.0. The maximum atomic E-state index is 11.1. The van der Waals surface area contributed by atoms with Crippen LogP contribution in [0.25, 0.3) is 0 Å². The second kappa shape index (κ2) is 3.32. The third-order valence-electron chi connectivity index (χ3n) is 1.66. The number of allylic oxidation sites excluding steroid dienone is 2. The zero-order chi connectivity index (χ0) is 9.14. The molecule has 0 saturated carbocycles. The Morgan fingerprint density at radius 3 is 2.75 bits per heavy atom. The predicted octanol–water partition coefficient (Wildman–Crippen LogP) is -0.448. The average molecular weight is 167 g/mol. The molecule has 4 heteroatoms. The van der Waals surface area contributed by atoms with Crippen LogP contribution in [0.1, 0.15) is 0 Å². The molecule has 4 nitrogen and oxygen atoms in total. The van der Waals surface area contributed by atoms with E-state index in [0.29, 0.717) is 11.9 Å². The Morgan fingerprint density at radius 1 is 1.58 bits per heavy atom. The summed E-state index contributed by atoms with van der Waals surface area (Å²) in [7, 11) is 1.37. The molecule has 1 unspecified atom stereocenters. The Labute approximate surface area is 69.7 Å². The lowest BCUT2D eigenvalue weighted by Crippen LogP contribution is -2.31. The lowest BCUT2D eigenvalue weighted by Gasteiger charge is -2.16. The molecule has 12 heavy (non-hydrogen) atoms. The highest BCUT2D eigenvalue weighted by molar-refractivity contribution is 6.00. The molecule has 0 bridgehead atoms. The Bertz CT molecular complexity index is 278. The van der Waals surface area contributed by atoms with Crippen LogP contribution in [-0.2, 0) is 14.3 Å². The van der Waals surface area contributed by atoms with Gasteiger partial charge in [0.1, 0.15) is 0 Å². The second-order valence-corrected chi connectivity index (χ2v) is 2.38. The van der Waals surface area contributed by atoms with E-state index in [0.717, 1.165) is 0 Å². The van der Waals surface area contributed by atoms with Crippen molar-refractivity contribution in [1.82, 2.24) is 0 Å². The van der Waals surface area contributed by atoms with Crippen molar-refractivity contribution in [2.45, 2.75) is 6.10 Å². The Kier molecular flexibility index (Phi) is 2.40. The lowest BCUT2D eigenvalue weighted by molar-refractivity contribution is -0.122. The molecule has 0 radical (unpaired) electrons. The van der Waals surface area contributed by atoms with Crippen molar-refractivity contribution in [3.63, 3.8) is 0 Å². The van der Waals surface area contributed by atoms with Crippen LogP contribution in [0.4, 0.5) is 0 Å². The van der Waals surface area contributed by atoms with Crippen LogP contribution in [0.3, 0.4) is 0 Å². The Hall–Kier alpha value is -1.42. The van der Waals surface area contributed by atoms with Gasteiger partial charge in [-0.25, -0.2) is 0 Å². The third kappa shape index (κ3) is 1.29. The fraction of sp³-hybridized carbons (Fsp3) is 0.250. The molecule has 0 saturated heterocycles. The number of carbonyl (C=O) groups is 2. The molecule has 0 aromatic rings. The molecule has 64 valence electrons. The Morgan fingerprint density at radius 2 is 2.25 bits per heavy atom. The normalized spacial score (nSPS) is 23.1. The van der Waals surface area contributed by atoms with Crippen molar-refractivity contribution in [3.8, 4) is 0 Å². The molecule has 2 N–H and O–H groups in total. The zero-order valence-electron chi connectivity index (χ0n) is 6.61. The minimum atomic E-state index is -0.796. The summed E-state index contributed by atoms with van der Waals surface area (Å²) in [6, 6.07) is 0. The number of nitrogens with two attached hydrogens (primary N) is 1.